The van der Waals surface area contributed by atoms with Crippen LogP contribution in [0.5, 0.6) is 0 Å². The topological polar surface area (TPSA) is 87.6 Å². The van der Waals surface area contributed by atoms with E-state index >= 15 is 0 Å². The zero-order chi connectivity index (χ0) is 14.5. The van der Waals surface area contributed by atoms with E-state index in [4.69, 9.17) is 10.9 Å². The van der Waals surface area contributed by atoms with E-state index < -0.39 is 0 Å². The van der Waals surface area contributed by atoms with Crippen molar-refractivity contribution in [2.45, 2.75) is 19.8 Å². The third-order valence-electron chi connectivity index (χ3n) is 2.88. The third kappa shape index (κ3) is 3.05. The second kappa shape index (κ2) is 6.33. The molecule has 1 aromatic carbocycles. The maximum atomic E-state index is 8.63. The van der Waals surface area contributed by atoms with Crippen molar-refractivity contribution in [3.8, 4) is 0 Å². The van der Waals surface area contributed by atoms with Crippen molar-refractivity contribution in [1.82, 2.24) is 9.36 Å². The lowest BCUT2D eigenvalue weighted by Gasteiger charge is -2.15. The molecule has 106 valence electrons. The summed E-state index contributed by atoms with van der Waals surface area (Å²) in [6, 6.07) is 7.40. The summed E-state index contributed by atoms with van der Waals surface area (Å²) < 4.78 is 4.33. The van der Waals surface area contributed by atoms with Gasteiger partial charge in [-0.3, -0.25) is 0 Å². The fourth-order valence-electron chi connectivity index (χ4n) is 1.73. The maximum absolute atomic E-state index is 8.63. The van der Waals surface area contributed by atoms with Gasteiger partial charge in [0.05, 0.1) is 0 Å². The van der Waals surface area contributed by atoms with Gasteiger partial charge in [0.15, 0.2) is 5.84 Å². The molecule has 0 spiro atoms. The number of nitrogens with two attached hydrogens (primary N) is 1. The van der Waals surface area contributed by atoms with E-state index in [1.807, 2.05) is 24.1 Å². The lowest BCUT2D eigenvalue weighted by Crippen LogP contribution is -2.14. The average Bonchev–Trinajstić information content (AvgIpc) is 2.95. The zero-order valence-electron chi connectivity index (χ0n) is 11.4. The van der Waals surface area contributed by atoms with Gasteiger partial charge in [0.1, 0.15) is 5.82 Å². The first-order valence-electron chi connectivity index (χ1n) is 6.30. The maximum Gasteiger partial charge on any atom is 0.209 e. The first-order chi connectivity index (χ1) is 9.65. The summed E-state index contributed by atoms with van der Waals surface area (Å²) in [5, 5.41) is 12.5. The molecule has 1 aromatic heterocycles. The van der Waals surface area contributed by atoms with Gasteiger partial charge in [-0.1, -0.05) is 12.1 Å². The number of rotatable bonds is 5. The van der Waals surface area contributed by atoms with E-state index in [-0.39, 0.29) is 5.84 Å². The van der Waals surface area contributed by atoms with E-state index in [1.165, 1.54) is 11.5 Å². The molecule has 0 aliphatic heterocycles. The summed E-state index contributed by atoms with van der Waals surface area (Å²) in [5.41, 5.74) is 7.18. The van der Waals surface area contributed by atoms with Crippen molar-refractivity contribution in [3.05, 3.63) is 35.7 Å². The Labute approximate surface area is 121 Å². The van der Waals surface area contributed by atoms with Crippen LogP contribution in [0.4, 0.5) is 10.8 Å². The molecule has 0 radical (unpaired) electrons. The van der Waals surface area contributed by atoms with Crippen LogP contribution in [0.2, 0.25) is 0 Å². The van der Waals surface area contributed by atoms with E-state index in [0.29, 0.717) is 5.56 Å². The van der Waals surface area contributed by atoms with Crippen LogP contribution >= 0.6 is 11.5 Å². The summed E-state index contributed by atoms with van der Waals surface area (Å²) in [6.07, 6.45) is 1.93. The molecule has 0 bridgehead atoms. The molecule has 2 aromatic rings. The van der Waals surface area contributed by atoms with Crippen LogP contribution in [0.1, 0.15) is 24.7 Å². The highest BCUT2D eigenvalue weighted by atomic mass is 32.1. The number of anilines is 2. The molecule has 20 heavy (non-hydrogen) atoms. The molecule has 7 heteroatoms. The molecule has 0 fully saturated rings. The normalized spacial score (nSPS) is 11.6. The summed E-state index contributed by atoms with van der Waals surface area (Å²) in [4.78, 5) is 6.46. The van der Waals surface area contributed by atoms with Crippen LogP contribution in [0.25, 0.3) is 0 Å². The number of hydrogen-bond acceptors (Lipinski definition) is 6. The first kappa shape index (κ1) is 14.3. The second-order valence-electron chi connectivity index (χ2n) is 4.33. The average molecular weight is 291 g/mol. The molecule has 0 amide bonds. The molecule has 0 atom stereocenters. The molecule has 0 aliphatic rings. The van der Waals surface area contributed by atoms with E-state index in [2.05, 4.69) is 21.4 Å². The predicted molar refractivity (Wildman–Crippen MR) is 80.9 cm³/mol. The van der Waals surface area contributed by atoms with Crippen LogP contribution < -0.4 is 10.6 Å². The Bertz CT molecular complexity index is 593. The molecule has 3 N–H and O–H groups in total. The molecule has 0 unspecified atom stereocenters. The van der Waals surface area contributed by atoms with Crippen molar-refractivity contribution in [2.24, 2.45) is 10.9 Å². The fraction of sp³-hybridized carbons (Fsp3) is 0.308. The Morgan fingerprint density at radius 3 is 2.70 bits per heavy atom. The van der Waals surface area contributed by atoms with Gasteiger partial charge in [0.2, 0.25) is 5.13 Å². The lowest BCUT2D eigenvalue weighted by atomic mass is 10.2. The zero-order valence-corrected chi connectivity index (χ0v) is 12.3. The van der Waals surface area contributed by atoms with Crippen LogP contribution in [-0.2, 0) is 6.42 Å². The van der Waals surface area contributed by atoms with E-state index in [9.17, 15) is 0 Å². The second-order valence-corrected chi connectivity index (χ2v) is 5.06. The van der Waals surface area contributed by atoms with Crippen LogP contribution in [0.3, 0.4) is 0 Å². The quantitative estimate of drug-likeness (QED) is 0.382. The summed E-state index contributed by atoms with van der Waals surface area (Å²) in [5.74, 6) is 0.980. The standard InChI is InChI=1S/C13H17N5OS/c1-3-4-11-15-13(20-17-11)18(2)10-7-5-9(6-8-10)12(14)16-19/h5-8,19H,3-4H2,1-2H3,(H2,14,16). The highest BCUT2D eigenvalue weighted by Crippen LogP contribution is 2.25. The SMILES string of the molecule is CCCc1nsc(N(C)c2ccc(C(N)=NO)cc2)n1. The van der Waals surface area contributed by atoms with Crippen LogP contribution in [-0.4, -0.2) is 27.4 Å². The summed E-state index contributed by atoms with van der Waals surface area (Å²) in [7, 11) is 1.94. The smallest absolute Gasteiger partial charge is 0.209 e. The Morgan fingerprint density at radius 1 is 1.40 bits per heavy atom. The Balaban J connectivity index is 2.17. The number of hydrogen-bond donors (Lipinski definition) is 2. The fourth-order valence-corrected chi connectivity index (χ4v) is 2.42. The summed E-state index contributed by atoms with van der Waals surface area (Å²) in [6.45, 7) is 2.11. The molecule has 0 saturated heterocycles. The van der Waals surface area contributed by atoms with Gasteiger partial charge in [-0.15, -0.1) is 0 Å². The Hall–Kier alpha value is -2.15. The molecular formula is C13H17N5OS. The minimum absolute atomic E-state index is 0.0975. The molecular weight excluding hydrogens is 274 g/mol. The molecule has 2 rings (SSSR count). The molecule has 0 aliphatic carbocycles. The predicted octanol–water partition coefficient (Wildman–Crippen LogP) is 2.35. The van der Waals surface area contributed by atoms with Crippen molar-refractivity contribution in [2.75, 3.05) is 11.9 Å². The Kier molecular flexibility index (Phi) is 4.52. The van der Waals surface area contributed by atoms with Crippen molar-refractivity contribution >= 4 is 28.2 Å². The van der Waals surface area contributed by atoms with E-state index in [1.54, 1.807) is 12.1 Å². The summed E-state index contributed by atoms with van der Waals surface area (Å²) >= 11 is 1.38. The van der Waals surface area contributed by atoms with Gasteiger partial charge >= 0.3 is 0 Å². The minimum atomic E-state index is 0.0975. The van der Waals surface area contributed by atoms with Crippen LogP contribution in [0.15, 0.2) is 29.4 Å². The van der Waals surface area contributed by atoms with Gasteiger partial charge in [-0.2, -0.15) is 4.37 Å². The molecule has 6 nitrogen and oxygen atoms in total. The lowest BCUT2D eigenvalue weighted by molar-refractivity contribution is 0.318. The van der Waals surface area contributed by atoms with Gasteiger partial charge in [-0.25, -0.2) is 4.98 Å². The highest BCUT2D eigenvalue weighted by Gasteiger charge is 2.10. The number of benzene rings is 1. The number of oxime groups is 1. The number of nitrogens with zero attached hydrogens (tertiary/aromatic N) is 4. The third-order valence-corrected chi connectivity index (χ3v) is 3.71. The molecule has 1 heterocycles. The highest BCUT2D eigenvalue weighted by molar-refractivity contribution is 7.09. The van der Waals surface area contributed by atoms with Crippen molar-refractivity contribution in [3.63, 3.8) is 0 Å². The van der Waals surface area contributed by atoms with Crippen molar-refractivity contribution < 1.29 is 5.21 Å². The number of amidine groups is 1. The van der Waals surface area contributed by atoms with E-state index in [0.717, 1.165) is 29.5 Å². The van der Waals surface area contributed by atoms with Gasteiger partial charge < -0.3 is 15.8 Å². The monoisotopic (exact) mass is 291 g/mol. The van der Waals surface area contributed by atoms with Gasteiger partial charge in [0, 0.05) is 36.3 Å². The van der Waals surface area contributed by atoms with Gasteiger partial charge in [-0.05, 0) is 30.7 Å². The minimum Gasteiger partial charge on any atom is -0.409 e. The largest absolute Gasteiger partial charge is 0.409 e. The first-order valence-corrected chi connectivity index (χ1v) is 7.07. The molecule has 0 saturated carbocycles. The van der Waals surface area contributed by atoms with Gasteiger partial charge in [0.25, 0.3) is 0 Å². The number of aromatic nitrogens is 2. The Morgan fingerprint density at radius 2 is 2.10 bits per heavy atom. The number of aryl methyl sites for hydroxylation is 1. The van der Waals surface area contributed by atoms with Crippen molar-refractivity contribution in [1.29, 1.82) is 0 Å². The van der Waals surface area contributed by atoms with Crippen LogP contribution in [0, 0.1) is 0 Å².